The van der Waals surface area contributed by atoms with Crippen LogP contribution in [0.1, 0.15) is 15.9 Å². The Balaban J connectivity index is 1.99. The zero-order chi connectivity index (χ0) is 15.2. The van der Waals surface area contributed by atoms with Gasteiger partial charge in [-0.1, -0.05) is 12.1 Å². The summed E-state index contributed by atoms with van der Waals surface area (Å²) in [6.07, 6.45) is 3.08. The number of anilines is 2. The molecule has 2 aromatic rings. The lowest BCUT2D eigenvalue weighted by Crippen LogP contribution is -2.11. The second-order valence-electron chi connectivity index (χ2n) is 4.43. The van der Waals surface area contributed by atoms with Crippen molar-refractivity contribution in [3.63, 3.8) is 0 Å². The minimum Gasteiger partial charge on any atom is -0.399 e. The Morgan fingerprint density at radius 3 is 2.38 bits per heavy atom. The lowest BCUT2D eigenvalue weighted by Gasteiger charge is -2.03. The molecule has 0 heterocycles. The van der Waals surface area contributed by atoms with E-state index in [1.165, 1.54) is 6.08 Å². The number of nitrogens with two attached hydrogens (primary N) is 2. The minimum absolute atomic E-state index is 0.274. The van der Waals surface area contributed by atoms with E-state index >= 15 is 0 Å². The zero-order valence-electron chi connectivity index (χ0n) is 11.2. The molecule has 2 aromatic carbocycles. The first-order valence-corrected chi connectivity index (χ1v) is 6.29. The molecule has 0 fully saturated rings. The molecule has 0 saturated carbocycles. The normalized spacial score (nSPS) is 10.5. The highest BCUT2D eigenvalue weighted by molar-refractivity contribution is 6.02. The van der Waals surface area contributed by atoms with Crippen molar-refractivity contribution in [1.29, 1.82) is 0 Å². The second kappa shape index (κ2) is 6.38. The number of hydrogen-bond donors (Lipinski definition) is 3. The van der Waals surface area contributed by atoms with Gasteiger partial charge >= 0.3 is 0 Å². The Kier molecular flexibility index (Phi) is 4.36. The van der Waals surface area contributed by atoms with Crippen molar-refractivity contribution in [3.8, 4) is 0 Å². The molecular weight excluding hydrogens is 266 g/mol. The van der Waals surface area contributed by atoms with Gasteiger partial charge in [0.05, 0.1) is 0 Å². The third-order valence-electron chi connectivity index (χ3n) is 2.77. The molecule has 0 atom stereocenters. The van der Waals surface area contributed by atoms with Crippen LogP contribution in [0.5, 0.6) is 0 Å². The molecule has 5 nitrogen and oxygen atoms in total. The topological polar surface area (TPSA) is 98.2 Å². The monoisotopic (exact) mass is 281 g/mol. The van der Waals surface area contributed by atoms with Gasteiger partial charge in [-0.25, -0.2) is 0 Å². The number of carbonyl (C=O) groups excluding carboxylic acids is 2. The summed E-state index contributed by atoms with van der Waals surface area (Å²) < 4.78 is 0. The van der Waals surface area contributed by atoms with Crippen LogP contribution in [-0.2, 0) is 4.79 Å². The molecule has 0 spiro atoms. The molecule has 0 aromatic heterocycles. The van der Waals surface area contributed by atoms with Gasteiger partial charge in [0, 0.05) is 23.0 Å². The van der Waals surface area contributed by atoms with Crippen molar-refractivity contribution in [2.75, 3.05) is 11.1 Å². The fourth-order valence-electron chi connectivity index (χ4n) is 1.74. The molecular formula is C16H15N3O2. The number of carbonyl (C=O) groups is 2. The number of amides is 2. The zero-order valence-corrected chi connectivity index (χ0v) is 11.2. The van der Waals surface area contributed by atoms with E-state index in [9.17, 15) is 9.59 Å². The van der Waals surface area contributed by atoms with E-state index in [2.05, 4.69) is 5.32 Å². The summed E-state index contributed by atoms with van der Waals surface area (Å²) in [5.74, 6) is -0.779. The highest BCUT2D eigenvalue weighted by atomic mass is 16.1. The van der Waals surface area contributed by atoms with E-state index in [4.69, 9.17) is 11.5 Å². The molecule has 2 rings (SSSR count). The van der Waals surface area contributed by atoms with E-state index < -0.39 is 5.91 Å². The number of primary amides is 1. The highest BCUT2D eigenvalue weighted by Gasteiger charge is 2.01. The lowest BCUT2D eigenvalue weighted by atomic mass is 10.2. The first-order valence-electron chi connectivity index (χ1n) is 6.29. The van der Waals surface area contributed by atoms with Crippen LogP contribution in [0.25, 0.3) is 6.08 Å². The van der Waals surface area contributed by atoms with Crippen LogP contribution in [0.4, 0.5) is 11.4 Å². The molecule has 5 N–H and O–H groups in total. The Morgan fingerprint density at radius 1 is 1.05 bits per heavy atom. The smallest absolute Gasteiger partial charge is 0.248 e. The maximum absolute atomic E-state index is 11.8. The molecule has 21 heavy (non-hydrogen) atoms. The van der Waals surface area contributed by atoms with Crippen LogP contribution in [0.2, 0.25) is 0 Å². The predicted octanol–water partition coefficient (Wildman–Crippen LogP) is 2.02. The Morgan fingerprint density at radius 2 is 1.76 bits per heavy atom. The number of benzene rings is 2. The standard InChI is InChI=1S/C16H15N3O2/c17-13-3-1-2-11(10-13)4-9-15(20)19-14-7-5-12(6-8-14)16(18)21/h1-10H,17H2,(H2,18,21)(H,19,20)/b9-4+. The second-order valence-corrected chi connectivity index (χ2v) is 4.43. The summed E-state index contributed by atoms with van der Waals surface area (Å²) in [7, 11) is 0. The average molecular weight is 281 g/mol. The van der Waals surface area contributed by atoms with E-state index in [0.717, 1.165) is 5.56 Å². The molecule has 5 heteroatoms. The van der Waals surface area contributed by atoms with Gasteiger partial charge in [0.15, 0.2) is 0 Å². The van der Waals surface area contributed by atoms with Crippen LogP contribution in [0.15, 0.2) is 54.6 Å². The van der Waals surface area contributed by atoms with E-state index in [1.807, 2.05) is 12.1 Å². The maximum Gasteiger partial charge on any atom is 0.248 e. The molecule has 0 radical (unpaired) electrons. The summed E-state index contributed by atoms with van der Waals surface area (Å²) in [6, 6.07) is 13.6. The molecule has 0 aliphatic rings. The maximum atomic E-state index is 11.8. The van der Waals surface area contributed by atoms with Crippen molar-refractivity contribution in [1.82, 2.24) is 0 Å². The van der Waals surface area contributed by atoms with Crippen molar-refractivity contribution in [2.24, 2.45) is 5.73 Å². The Bertz CT molecular complexity index is 691. The Labute approximate surface area is 122 Å². The molecule has 0 aliphatic carbocycles. The summed E-state index contributed by atoms with van der Waals surface area (Å²) in [5, 5.41) is 2.68. The van der Waals surface area contributed by atoms with Crippen LogP contribution in [0.3, 0.4) is 0 Å². The average Bonchev–Trinajstić information content (AvgIpc) is 2.46. The number of hydrogen-bond acceptors (Lipinski definition) is 3. The molecule has 0 aliphatic heterocycles. The lowest BCUT2D eigenvalue weighted by molar-refractivity contribution is -0.111. The summed E-state index contributed by atoms with van der Waals surface area (Å²) in [6.45, 7) is 0. The van der Waals surface area contributed by atoms with Crippen LogP contribution in [-0.4, -0.2) is 11.8 Å². The van der Waals surface area contributed by atoms with Crippen molar-refractivity contribution >= 4 is 29.3 Å². The highest BCUT2D eigenvalue weighted by Crippen LogP contribution is 2.10. The quantitative estimate of drug-likeness (QED) is 0.590. The molecule has 0 unspecified atom stereocenters. The van der Waals surface area contributed by atoms with Crippen LogP contribution < -0.4 is 16.8 Å². The van der Waals surface area contributed by atoms with Crippen molar-refractivity contribution < 1.29 is 9.59 Å². The number of nitrogens with one attached hydrogen (secondary N) is 1. The third kappa shape index (κ3) is 4.21. The van der Waals surface area contributed by atoms with Crippen molar-refractivity contribution in [3.05, 3.63) is 65.7 Å². The van der Waals surface area contributed by atoms with Gasteiger partial charge in [-0.3, -0.25) is 9.59 Å². The van der Waals surface area contributed by atoms with Gasteiger partial charge in [0.1, 0.15) is 0 Å². The third-order valence-corrected chi connectivity index (χ3v) is 2.77. The van der Waals surface area contributed by atoms with E-state index in [0.29, 0.717) is 16.9 Å². The van der Waals surface area contributed by atoms with E-state index in [-0.39, 0.29) is 5.91 Å². The largest absolute Gasteiger partial charge is 0.399 e. The molecule has 0 bridgehead atoms. The molecule has 0 saturated heterocycles. The van der Waals surface area contributed by atoms with Gasteiger partial charge in [-0.15, -0.1) is 0 Å². The minimum atomic E-state index is -0.505. The van der Waals surface area contributed by atoms with Gasteiger partial charge in [-0.2, -0.15) is 0 Å². The number of rotatable bonds is 4. The van der Waals surface area contributed by atoms with Crippen molar-refractivity contribution in [2.45, 2.75) is 0 Å². The SMILES string of the molecule is NC(=O)c1ccc(NC(=O)/C=C/c2cccc(N)c2)cc1. The Hall–Kier alpha value is -3.08. The summed E-state index contributed by atoms with van der Waals surface area (Å²) in [5.41, 5.74) is 13.3. The predicted molar refractivity (Wildman–Crippen MR) is 83.5 cm³/mol. The molecule has 106 valence electrons. The van der Waals surface area contributed by atoms with Crippen LogP contribution >= 0.6 is 0 Å². The fourth-order valence-corrected chi connectivity index (χ4v) is 1.74. The van der Waals surface area contributed by atoms with Gasteiger partial charge in [-0.05, 0) is 48.0 Å². The van der Waals surface area contributed by atoms with E-state index in [1.54, 1.807) is 42.5 Å². The number of nitrogen functional groups attached to an aromatic ring is 1. The van der Waals surface area contributed by atoms with Gasteiger partial charge < -0.3 is 16.8 Å². The van der Waals surface area contributed by atoms with Crippen LogP contribution in [0, 0.1) is 0 Å². The fraction of sp³-hybridized carbons (Fsp3) is 0. The first-order chi connectivity index (χ1) is 10.0. The van der Waals surface area contributed by atoms with Gasteiger partial charge in [0.25, 0.3) is 0 Å². The summed E-state index contributed by atoms with van der Waals surface area (Å²) >= 11 is 0. The van der Waals surface area contributed by atoms with Gasteiger partial charge in [0.2, 0.25) is 11.8 Å². The summed E-state index contributed by atoms with van der Waals surface area (Å²) in [4.78, 5) is 22.7. The first kappa shape index (κ1) is 14.3. The molecule has 2 amide bonds.